The average Bonchev–Trinajstić information content (AvgIpc) is 3.21. The smallest absolute Gasteiger partial charge is 0.264 e. The topological polar surface area (TPSA) is 61.9 Å². The molecule has 1 N–H and O–H groups in total. The summed E-state index contributed by atoms with van der Waals surface area (Å²) in [4.78, 5) is 31.9. The van der Waals surface area contributed by atoms with Crippen molar-refractivity contribution in [3.63, 3.8) is 0 Å². The third-order valence-corrected chi connectivity index (χ3v) is 8.01. The van der Waals surface area contributed by atoms with Crippen molar-refractivity contribution in [1.29, 1.82) is 0 Å². The van der Waals surface area contributed by atoms with Crippen LogP contribution in [0.5, 0.6) is 0 Å². The fourth-order valence-corrected chi connectivity index (χ4v) is 5.90. The lowest BCUT2D eigenvalue weighted by Crippen LogP contribution is -2.40. The summed E-state index contributed by atoms with van der Waals surface area (Å²) in [6.45, 7) is 9.16. The van der Waals surface area contributed by atoms with Gasteiger partial charge in [-0.05, 0) is 75.7 Å². The van der Waals surface area contributed by atoms with Gasteiger partial charge in [0.25, 0.3) is 5.91 Å². The Morgan fingerprint density at radius 3 is 2.70 bits per heavy atom. The molecule has 0 spiro atoms. The highest BCUT2D eigenvalue weighted by Crippen LogP contribution is 2.33. The van der Waals surface area contributed by atoms with Gasteiger partial charge in [0.15, 0.2) is 0 Å². The minimum absolute atomic E-state index is 0.0364. The van der Waals surface area contributed by atoms with E-state index in [1.807, 2.05) is 11.0 Å². The van der Waals surface area contributed by atoms with Gasteiger partial charge in [-0.15, -0.1) is 11.3 Å². The summed E-state index contributed by atoms with van der Waals surface area (Å²) in [5, 5.41) is 3.16. The van der Waals surface area contributed by atoms with Crippen molar-refractivity contribution < 1.29 is 14.3 Å². The molecular formula is C23H35N3O3S. The number of nitrogens with zero attached hydrogens (tertiary/aromatic N) is 2. The van der Waals surface area contributed by atoms with Crippen LogP contribution in [0.25, 0.3) is 0 Å². The van der Waals surface area contributed by atoms with Gasteiger partial charge < -0.3 is 19.9 Å². The number of aryl methyl sites for hydroxylation is 1. The van der Waals surface area contributed by atoms with Gasteiger partial charge >= 0.3 is 0 Å². The fourth-order valence-electron chi connectivity index (χ4n) is 4.72. The molecule has 2 amide bonds. The third kappa shape index (κ3) is 5.42. The van der Waals surface area contributed by atoms with Crippen LogP contribution in [0.2, 0.25) is 0 Å². The van der Waals surface area contributed by atoms with Crippen molar-refractivity contribution >= 4 is 23.2 Å². The summed E-state index contributed by atoms with van der Waals surface area (Å²) in [5.41, 5.74) is 1.20. The molecule has 2 saturated heterocycles. The second kappa shape index (κ2) is 10.2. The van der Waals surface area contributed by atoms with E-state index in [2.05, 4.69) is 17.1 Å². The number of hydrogen-bond donors (Lipinski definition) is 1. The van der Waals surface area contributed by atoms with E-state index in [0.29, 0.717) is 26.3 Å². The Kier molecular flexibility index (Phi) is 7.44. The zero-order valence-corrected chi connectivity index (χ0v) is 19.0. The van der Waals surface area contributed by atoms with Gasteiger partial charge in [0, 0.05) is 30.4 Å². The average molecular weight is 434 g/mol. The Labute approximate surface area is 183 Å². The van der Waals surface area contributed by atoms with Gasteiger partial charge in [-0.3, -0.25) is 9.59 Å². The summed E-state index contributed by atoms with van der Waals surface area (Å²) < 4.78 is 5.35. The van der Waals surface area contributed by atoms with E-state index in [0.717, 1.165) is 49.6 Å². The first-order chi connectivity index (χ1) is 14.6. The summed E-state index contributed by atoms with van der Waals surface area (Å²) in [7, 11) is 0. The highest BCUT2D eigenvalue weighted by atomic mass is 32.1. The van der Waals surface area contributed by atoms with Crippen molar-refractivity contribution in [3.05, 3.63) is 21.4 Å². The van der Waals surface area contributed by atoms with Crippen molar-refractivity contribution in [2.75, 3.05) is 52.5 Å². The van der Waals surface area contributed by atoms with Gasteiger partial charge in [0.1, 0.15) is 0 Å². The molecule has 1 aliphatic carbocycles. The van der Waals surface area contributed by atoms with Gasteiger partial charge in [-0.2, -0.15) is 0 Å². The molecule has 0 saturated carbocycles. The minimum atomic E-state index is 0.0364. The number of amides is 2. The number of thiophene rings is 1. The predicted molar refractivity (Wildman–Crippen MR) is 119 cm³/mol. The van der Waals surface area contributed by atoms with E-state index in [1.165, 1.54) is 36.4 Å². The molecule has 6 nitrogen and oxygen atoms in total. The molecule has 3 heterocycles. The van der Waals surface area contributed by atoms with Crippen molar-refractivity contribution in [2.45, 2.75) is 45.4 Å². The first-order valence-corrected chi connectivity index (χ1v) is 12.4. The van der Waals surface area contributed by atoms with E-state index in [1.54, 1.807) is 11.3 Å². The molecule has 2 fully saturated rings. The lowest BCUT2D eigenvalue weighted by molar-refractivity contribution is -0.125. The first kappa shape index (κ1) is 21.8. The van der Waals surface area contributed by atoms with E-state index in [4.69, 9.17) is 4.74 Å². The molecule has 1 aromatic rings. The van der Waals surface area contributed by atoms with Crippen LogP contribution in [-0.4, -0.2) is 74.1 Å². The Hall–Kier alpha value is -1.44. The maximum absolute atomic E-state index is 12.8. The summed E-state index contributed by atoms with van der Waals surface area (Å²) in [6.07, 6.45) is 6.17. The minimum Gasteiger partial charge on any atom is -0.378 e. The Morgan fingerprint density at radius 1 is 1.17 bits per heavy atom. The number of likely N-dealkylation sites (tertiary alicyclic amines) is 1. The van der Waals surface area contributed by atoms with Crippen molar-refractivity contribution in [1.82, 2.24) is 15.1 Å². The molecule has 1 atom stereocenters. The van der Waals surface area contributed by atoms with Crippen LogP contribution in [0.15, 0.2) is 6.07 Å². The number of carbonyl (C=O) groups is 2. The second-order valence-corrected chi connectivity index (χ2v) is 10.2. The maximum atomic E-state index is 12.8. The van der Waals surface area contributed by atoms with Gasteiger partial charge in [-0.25, -0.2) is 0 Å². The van der Waals surface area contributed by atoms with Crippen LogP contribution < -0.4 is 5.32 Å². The third-order valence-electron chi connectivity index (χ3n) is 6.79. The molecule has 4 rings (SSSR count). The monoisotopic (exact) mass is 433 g/mol. The van der Waals surface area contributed by atoms with Crippen molar-refractivity contribution in [2.24, 2.45) is 11.8 Å². The highest BCUT2D eigenvalue weighted by molar-refractivity contribution is 7.14. The molecule has 3 aliphatic rings. The second-order valence-electron chi connectivity index (χ2n) is 9.07. The summed E-state index contributed by atoms with van der Waals surface area (Å²) in [5.74, 6) is 1.19. The molecule has 0 radical (unpaired) electrons. The van der Waals surface area contributed by atoms with Crippen molar-refractivity contribution in [3.8, 4) is 0 Å². The zero-order valence-electron chi connectivity index (χ0n) is 18.2. The van der Waals surface area contributed by atoms with Crippen LogP contribution >= 0.6 is 11.3 Å². The Balaban J connectivity index is 1.22. The Morgan fingerprint density at radius 2 is 1.93 bits per heavy atom. The molecule has 1 aromatic heterocycles. The fraction of sp³-hybridized carbons (Fsp3) is 0.739. The SMILES string of the molecule is CC1CCN(CCCNC(=O)C2CCc3sc(C(=O)N4CCOCC4)cc3C2)CC1. The highest BCUT2D eigenvalue weighted by Gasteiger charge is 2.29. The lowest BCUT2D eigenvalue weighted by Gasteiger charge is -2.30. The zero-order chi connectivity index (χ0) is 20.9. The van der Waals surface area contributed by atoms with Gasteiger partial charge in [0.2, 0.25) is 5.91 Å². The van der Waals surface area contributed by atoms with Crippen LogP contribution in [0.3, 0.4) is 0 Å². The number of piperidine rings is 1. The largest absolute Gasteiger partial charge is 0.378 e. The Bertz CT molecular complexity index is 736. The summed E-state index contributed by atoms with van der Waals surface area (Å²) in [6, 6.07) is 2.04. The number of hydrogen-bond acceptors (Lipinski definition) is 5. The molecular weight excluding hydrogens is 398 g/mol. The van der Waals surface area contributed by atoms with Crippen LogP contribution in [-0.2, 0) is 22.4 Å². The van der Waals surface area contributed by atoms with E-state index < -0.39 is 0 Å². The van der Waals surface area contributed by atoms with E-state index in [-0.39, 0.29) is 17.7 Å². The molecule has 7 heteroatoms. The maximum Gasteiger partial charge on any atom is 0.264 e. The molecule has 1 unspecified atom stereocenters. The molecule has 0 aromatic carbocycles. The number of morpholine rings is 1. The van der Waals surface area contributed by atoms with Crippen LogP contribution in [0.4, 0.5) is 0 Å². The number of rotatable bonds is 6. The lowest BCUT2D eigenvalue weighted by atomic mass is 9.87. The number of nitrogens with one attached hydrogen (secondary N) is 1. The quantitative estimate of drug-likeness (QED) is 0.701. The first-order valence-electron chi connectivity index (χ1n) is 11.6. The number of carbonyl (C=O) groups excluding carboxylic acids is 2. The molecule has 166 valence electrons. The standard InChI is InChI=1S/C23H35N3O3S/c1-17-5-9-25(10-6-17)8-2-7-24-22(27)18-3-4-20-19(15-18)16-21(30-20)23(28)26-11-13-29-14-12-26/h16-18H,2-15H2,1H3,(H,24,27). The van der Waals surface area contributed by atoms with Gasteiger partial charge in [-0.1, -0.05) is 6.92 Å². The molecule has 0 bridgehead atoms. The van der Waals surface area contributed by atoms with E-state index in [9.17, 15) is 9.59 Å². The van der Waals surface area contributed by atoms with Crippen LogP contribution in [0, 0.1) is 11.8 Å². The molecule has 30 heavy (non-hydrogen) atoms. The van der Waals surface area contributed by atoms with E-state index >= 15 is 0 Å². The summed E-state index contributed by atoms with van der Waals surface area (Å²) >= 11 is 1.62. The molecule has 2 aliphatic heterocycles. The number of fused-ring (bicyclic) bond motifs is 1. The normalized spacial score (nSPS) is 23.2. The van der Waals surface area contributed by atoms with Gasteiger partial charge in [0.05, 0.1) is 18.1 Å². The number of ether oxygens (including phenoxy) is 1. The predicted octanol–water partition coefficient (Wildman–Crippen LogP) is 2.56. The van der Waals surface area contributed by atoms with Crippen LogP contribution in [0.1, 0.15) is 52.7 Å².